The summed E-state index contributed by atoms with van der Waals surface area (Å²) in [5.41, 5.74) is -0.253. The number of rotatable bonds is 4. The summed E-state index contributed by atoms with van der Waals surface area (Å²) < 4.78 is 0. The van der Waals surface area contributed by atoms with Gasteiger partial charge < -0.3 is 10.4 Å². The van der Waals surface area contributed by atoms with Crippen LogP contribution in [0.15, 0.2) is 42.5 Å². The fraction of sp³-hybridized carbons (Fsp3) is 0.250. The lowest BCUT2D eigenvalue weighted by atomic mass is 9.99. The molecule has 4 nitrogen and oxygen atoms in total. The number of hydrogen-bond acceptors (Lipinski definition) is 2. The molecule has 0 aliphatic heterocycles. The van der Waals surface area contributed by atoms with Gasteiger partial charge in [0.1, 0.15) is 0 Å². The second kappa shape index (κ2) is 5.33. The fourth-order valence-corrected chi connectivity index (χ4v) is 2.13. The Hall–Kier alpha value is -2.36. The molecule has 0 unspecified atom stereocenters. The lowest BCUT2D eigenvalue weighted by molar-refractivity contribution is -0.138. The van der Waals surface area contributed by atoms with E-state index >= 15 is 0 Å². The highest BCUT2D eigenvalue weighted by molar-refractivity contribution is 5.99. The normalized spacial score (nSPS) is 11.3. The van der Waals surface area contributed by atoms with Crippen LogP contribution in [0.2, 0.25) is 0 Å². The number of benzene rings is 2. The van der Waals surface area contributed by atoms with E-state index in [1.54, 1.807) is 19.9 Å². The average molecular weight is 271 g/mol. The molecule has 20 heavy (non-hydrogen) atoms. The van der Waals surface area contributed by atoms with Crippen LogP contribution in [-0.4, -0.2) is 22.5 Å². The van der Waals surface area contributed by atoms with Crippen molar-refractivity contribution >= 4 is 22.6 Å². The van der Waals surface area contributed by atoms with Gasteiger partial charge in [-0.15, -0.1) is 0 Å². The number of carbonyl (C=O) groups is 2. The van der Waals surface area contributed by atoms with Crippen LogP contribution in [-0.2, 0) is 4.79 Å². The van der Waals surface area contributed by atoms with Crippen molar-refractivity contribution in [2.24, 2.45) is 0 Å². The van der Waals surface area contributed by atoms with Crippen LogP contribution < -0.4 is 5.32 Å². The van der Waals surface area contributed by atoms with Gasteiger partial charge in [-0.05, 0) is 36.8 Å². The first kappa shape index (κ1) is 14.1. The molecule has 0 aliphatic carbocycles. The molecule has 2 aromatic rings. The molecule has 0 spiro atoms. The van der Waals surface area contributed by atoms with E-state index in [4.69, 9.17) is 5.11 Å². The minimum atomic E-state index is -0.936. The van der Waals surface area contributed by atoms with E-state index in [1.807, 2.05) is 36.4 Å². The Balaban J connectivity index is 2.21. The summed E-state index contributed by atoms with van der Waals surface area (Å²) in [5, 5.41) is 13.6. The molecule has 104 valence electrons. The molecule has 2 aromatic carbocycles. The third-order valence-corrected chi connectivity index (χ3v) is 3.06. The minimum Gasteiger partial charge on any atom is -0.481 e. The van der Waals surface area contributed by atoms with Crippen molar-refractivity contribution in [2.75, 3.05) is 0 Å². The Morgan fingerprint density at radius 2 is 1.75 bits per heavy atom. The number of nitrogens with one attached hydrogen (secondary N) is 1. The van der Waals surface area contributed by atoms with E-state index in [-0.39, 0.29) is 12.3 Å². The molecule has 4 heteroatoms. The summed E-state index contributed by atoms with van der Waals surface area (Å²) in [6, 6.07) is 13.2. The molecule has 0 bridgehead atoms. The van der Waals surface area contributed by atoms with Crippen LogP contribution in [0.3, 0.4) is 0 Å². The average Bonchev–Trinajstić information content (AvgIpc) is 2.36. The summed E-state index contributed by atoms with van der Waals surface area (Å²) >= 11 is 0. The Morgan fingerprint density at radius 1 is 1.10 bits per heavy atom. The van der Waals surface area contributed by atoms with Crippen molar-refractivity contribution in [1.29, 1.82) is 0 Å². The Bertz CT molecular complexity index is 662. The van der Waals surface area contributed by atoms with Crippen molar-refractivity contribution in [1.82, 2.24) is 5.32 Å². The molecule has 0 saturated carbocycles. The van der Waals surface area contributed by atoms with Crippen molar-refractivity contribution < 1.29 is 14.7 Å². The number of amides is 1. The molecular weight excluding hydrogens is 254 g/mol. The van der Waals surface area contributed by atoms with Crippen LogP contribution in [0.4, 0.5) is 0 Å². The molecule has 0 atom stereocenters. The van der Waals surface area contributed by atoms with Crippen molar-refractivity contribution in [3.63, 3.8) is 0 Å². The zero-order valence-electron chi connectivity index (χ0n) is 11.5. The lowest BCUT2D eigenvalue weighted by Gasteiger charge is -2.24. The van der Waals surface area contributed by atoms with Crippen LogP contribution in [0.25, 0.3) is 10.8 Å². The standard InChI is InChI=1S/C16H17NO3/c1-16(2,10-14(18)19)17-15(20)13-8-7-11-5-3-4-6-12(11)9-13/h3-9H,10H2,1-2H3,(H,17,20)(H,18,19). The van der Waals surface area contributed by atoms with E-state index < -0.39 is 11.5 Å². The van der Waals surface area contributed by atoms with Crippen LogP contribution in [0.5, 0.6) is 0 Å². The Kier molecular flexibility index (Phi) is 3.74. The molecule has 0 radical (unpaired) electrons. The van der Waals surface area contributed by atoms with Gasteiger partial charge >= 0.3 is 5.97 Å². The van der Waals surface area contributed by atoms with Gasteiger partial charge in [0.25, 0.3) is 5.91 Å². The number of fused-ring (bicyclic) bond motifs is 1. The molecule has 0 aromatic heterocycles. The highest BCUT2D eigenvalue weighted by Gasteiger charge is 2.24. The third-order valence-electron chi connectivity index (χ3n) is 3.06. The number of carbonyl (C=O) groups excluding carboxylic acids is 1. The fourth-order valence-electron chi connectivity index (χ4n) is 2.13. The Morgan fingerprint density at radius 3 is 2.40 bits per heavy atom. The van der Waals surface area contributed by atoms with Crippen molar-refractivity contribution in [2.45, 2.75) is 25.8 Å². The summed E-state index contributed by atoms with van der Waals surface area (Å²) in [6.07, 6.45) is -0.119. The lowest BCUT2D eigenvalue weighted by Crippen LogP contribution is -2.44. The summed E-state index contributed by atoms with van der Waals surface area (Å²) in [6.45, 7) is 3.39. The minimum absolute atomic E-state index is 0.119. The second-order valence-electron chi connectivity index (χ2n) is 5.47. The number of aliphatic carboxylic acids is 1. The van der Waals surface area contributed by atoms with E-state index in [2.05, 4.69) is 5.32 Å². The highest BCUT2D eigenvalue weighted by atomic mass is 16.4. The van der Waals surface area contributed by atoms with E-state index in [1.165, 1.54) is 0 Å². The first-order valence-corrected chi connectivity index (χ1v) is 6.40. The van der Waals surface area contributed by atoms with Gasteiger partial charge in [-0.25, -0.2) is 0 Å². The van der Waals surface area contributed by atoms with Gasteiger partial charge in [-0.3, -0.25) is 9.59 Å². The van der Waals surface area contributed by atoms with Crippen LogP contribution >= 0.6 is 0 Å². The second-order valence-corrected chi connectivity index (χ2v) is 5.47. The van der Waals surface area contributed by atoms with Gasteiger partial charge in [0.15, 0.2) is 0 Å². The summed E-state index contributed by atoms with van der Waals surface area (Å²) in [7, 11) is 0. The van der Waals surface area contributed by atoms with Crippen molar-refractivity contribution in [3.05, 3.63) is 48.0 Å². The van der Waals surface area contributed by atoms with E-state index in [0.717, 1.165) is 10.8 Å². The predicted molar refractivity (Wildman–Crippen MR) is 77.7 cm³/mol. The molecule has 0 fully saturated rings. The third kappa shape index (κ3) is 3.35. The largest absolute Gasteiger partial charge is 0.481 e. The first-order valence-electron chi connectivity index (χ1n) is 6.40. The van der Waals surface area contributed by atoms with Crippen LogP contribution in [0.1, 0.15) is 30.6 Å². The molecule has 1 amide bonds. The van der Waals surface area contributed by atoms with Gasteiger partial charge in [0.05, 0.1) is 6.42 Å². The summed E-state index contributed by atoms with van der Waals surface area (Å²) in [4.78, 5) is 22.9. The maximum Gasteiger partial charge on any atom is 0.305 e. The predicted octanol–water partition coefficient (Wildman–Crippen LogP) is 2.82. The molecule has 0 saturated heterocycles. The van der Waals surface area contributed by atoms with Gasteiger partial charge in [-0.1, -0.05) is 30.3 Å². The maximum atomic E-state index is 12.2. The molecular formula is C16H17NO3. The molecule has 2 N–H and O–H groups in total. The molecule has 0 heterocycles. The molecule has 0 aliphatic rings. The zero-order chi connectivity index (χ0) is 14.8. The van der Waals surface area contributed by atoms with Gasteiger partial charge in [-0.2, -0.15) is 0 Å². The number of hydrogen-bond donors (Lipinski definition) is 2. The highest BCUT2D eigenvalue weighted by Crippen LogP contribution is 2.17. The quantitative estimate of drug-likeness (QED) is 0.898. The van der Waals surface area contributed by atoms with Crippen LogP contribution in [0, 0.1) is 0 Å². The van der Waals surface area contributed by atoms with Crippen molar-refractivity contribution in [3.8, 4) is 0 Å². The first-order chi connectivity index (χ1) is 9.37. The smallest absolute Gasteiger partial charge is 0.305 e. The number of carboxylic acids is 1. The number of carboxylic acid groups (broad SMARTS) is 1. The van der Waals surface area contributed by atoms with Gasteiger partial charge in [0.2, 0.25) is 0 Å². The molecule has 2 rings (SSSR count). The SMILES string of the molecule is CC(C)(CC(=O)O)NC(=O)c1ccc2ccccc2c1. The monoisotopic (exact) mass is 271 g/mol. The van der Waals surface area contributed by atoms with E-state index in [0.29, 0.717) is 5.56 Å². The summed E-state index contributed by atoms with van der Waals surface area (Å²) in [5.74, 6) is -1.20. The Labute approximate surface area is 117 Å². The van der Waals surface area contributed by atoms with E-state index in [9.17, 15) is 9.59 Å². The topological polar surface area (TPSA) is 66.4 Å². The van der Waals surface area contributed by atoms with Gasteiger partial charge in [0, 0.05) is 11.1 Å². The maximum absolute atomic E-state index is 12.2. The zero-order valence-corrected chi connectivity index (χ0v) is 11.5.